The van der Waals surface area contributed by atoms with Gasteiger partial charge in [0.2, 0.25) is 0 Å². The van der Waals surface area contributed by atoms with Gasteiger partial charge in [0.05, 0.1) is 11.8 Å². The number of fused-ring (bicyclic) bond motifs is 3. The van der Waals surface area contributed by atoms with Crippen LogP contribution in [0.15, 0.2) is 67.9 Å². The van der Waals surface area contributed by atoms with Gasteiger partial charge in [0.15, 0.2) is 0 Å². The van der Waals surface area contributed by atoms with E-state index >= 15 is 0 Å². The van der Waals surface area contributed by atoms with Gasteiger partial charge in [-0.25, -0.2) is 15.0 Å². The van der Waals surface area contributed by atoms with Gasteiger partial charge in [-0.1, -0.05) is 17.9 Å². The van der Waals surface area contributed by atoms with Crippen molar-refractivity contribution in [2.45, 2.75) is 13.0 Å². The van der Waals surface area contributed by atoms with E-state index < -0.39 is 0 Å². The fourth-order valence-electron chi connectivity index (χ4n) is 3.29. The Kier molecular flexibility index (Phi) is 4.15. The number of nitrogen functional groups attached to an aromatic ring is 1. The van der Waals surface area contributed by atoms with Crippen LogP contribution in [0.1, 0.15) is 12.0 Å². The molecule has 140 valence electrons. The molecule has 0 fully saturated rings. The van der Waals surface area contributed by atoms with Gasteiger partial charge in [0.25, 0.3) is 0 Å². The maximum absolute atomic E-state index is 6.19. The molecule has 0 aliphatic heterocycles. The highest BCUT2D eigenvalue weighted by Gasteiger charge is 2.09. The smallest absolute Gasteiger partial charge is 0.140 e. The minimum Gasteiger partial charge on any atom is -0.383 e. The van der Waals surface area contributed by atoms with Gasteiger partial charge >= 0.3 is 0 Å². The third-order valence-electron chi connectivity index (χ3n) is 4.75. The molecule has 4 aromatic heterocycles. The Balaban J connectivity index is 1.51. The second kappa shape index (κ2) is 7.09. The number of nitrogens with two attached hydrogens (primary N) is 1. The lowest BCUT2D eigenvalue weighted by atomic mass is 10.1. The molecule has 0 amide bonds. The van der Waals surface area contributed by atoms with Crippen molar-refractivity contribution in [1.29, 1.82) is 0 Å². The van der Waals surface area contributed by atoms with Crippen LogP contribution in [0, 0.1) is 11.8 Å². The molecule has 0 atom stereocenters. The van der Waals surface area contributed by atoms with Gasteiger partial charge in [0.1, 0.15) is 18.0 Å². The largest absolute Gasteiger partial charge is 0.383 e. The number of aromatic nitrogens is 6. The summed E-state index contributed by atoms with van der Waals surface area (Å²) in [5.41, 5.74) is 8.00. The zero-order valence-electron chi connectivity index (χ0n) is 15.5. The van der Waals surface area contributed by atoms with Crippen LogP contribution in [-0.2, 0) is 6.54 Å². The zero-order valence-corrected chi connectivity index (χ0v) is 15.5. The summed E-state index contributed by atoms with van der Waals surface area (Å²) >= 11 is 0. The van der Waals surface area contributed by atoms with Crippen molar-refractivity contribution in [2.75, 3.05) is 5.73 Å². The molecular formula is C22H17N7. The molecule has 0 aliphatic rings. The third-order valence-corrected chi connectivity index (χ3v) is 4.75. The predicted octanol–water partition coefficient (Wildman–Crippen LogP) is 3.19. The summed E-state index contributed by atoms with van der Waals surface area (Å²) in [4.78, 5) is 17.2. The van der Waals surface area contributed by atoms with E-state index in [1.54, 1.807) is 31.2 Å². The fourth-order valence-corrected chi connectivity index (χ4v) is 3.29. The molecule has 0 saturated heterocycles. The minimum absolute atomic E-state index is 0.448. The lowest BCUT2D eigenvalue weighted by Gasteiger charge is -2.09. The van der Waals surface area contributed by atoms with Crippen molar-refractivity contribution in [1.82, 2.24) is 29.1 Å². The summed E-state index contributed by atoms with van der Waals surface area (Å²) < 4.78 is 3.85. The van der Waals surface area contributed by atoms with Gasteiger partial charge in [0, 0.05) is 60.3 Å². The molecular weight excluding hydrogens is 362 g/mol. The van der Waals surface area contributed by atoms with Crippen LogP contribution in [0.2, 0.25) is 0 Å². The molecule has 0 aliphatic carbocycles. The Labute approximate surface area is 166 Å². The molecule has 0 spiro atoms. The van der Waals surface area contributed by atoms with Crippen LogP contribution in [0.5, 0.6) is 0 Å². The van der Waals surface area contributed by atoms with Crippen molar-refractivity contribution in [3.8, 4) is 17.7 Å². The third kappa shape index (κ3) is 3.28. The Morgan fingerprint density at radius 2 is 1.86 bits per heavy atom. The summed E-state index contributed by atoms with van der Waals surface area (Å²) in [6.45, 7) is 0.826. The molecule has 4 heterocycles. The van der Waals surface area contributed by atoms with Crippen LogP contribution in [0.25, 0.3) is 27.5 Å². The Hall–Kier alpha value is -4.18. The molecule has 0 radical (unpaired) electrons. The van der Waals surface area contributed by atoms with E-state index in [2.05, 4.69) is 31.8 Å². The molecule has 1 aromatic carbocycles. The summed E-state index contributed by atoms with van der Waals surface area (Å²) in [6.07, 6.45) is 13.3. The highest BCUT2D eigenvalue weighted by atomic mass is 15.1. The normalized spacial score (nSPS) is 10.9. The van der Waals surface area contributed by atoms with Crippen LogP contribution in [-0.4, -0.2) is 29.1 Å². The maximum Gasteiger partial charge on any atom is 0.140 e. The quantitative estimate of drug-likeness (QED) is 0.384. The van der Waals surface area contributed by atoms with Crippen molar-refractivity contribution in [3.63, 3.8) is 0 Å². The van der Waals surface area contributed by atoms with Gasteiger partial charge in [-0.3, -0.25) is 9.55 Å². The predicted molar refractivity (Wildman–Crippen MR) is 112 cm³/mol. The van der Waals surface area contributed by atoms with Gasteiger partial charge < -0.3 is 10.3 Å². The first-order valence-electron chi connectivity index (χ1n) is 9.20. The molecule has 5 aromatic rings. The van der Waals surface area contributed by atoms with Gasteiger partial charge in [-0.05, 0) is 23.6 Å². The van der Waals surface area contributed by atoms with E-state index in [1.807, 2.05) is 45.8 Å². The highest BCUT2D eigenvalue weighted by molar-refractivity contribution is 6.09. The van der Waals surface area contributed by atoms with E-state index in [0.717, 1.165) is 46.0 Å². The van der Waals surface area contributed by atoms with E-state index in [-0.39, 0.29) is 0 Å². The second-order valence-corrected chi connectivity index (χ2v) is 6.64. The van der Waals surface area contributed by atoms with Gasteiger partial charge in [-0.2, -0.15) is 0 Å². The highest BCUT2D eigenvalue weighted by Crippen LogP contribution is 2.28. The average Bonchev–Trinajstić information content (AvgIpc) is 3.45. The number of hydrogen-bond acceptors (Lipinski definition) is 5. The second-order valence-electron chi connectivity index (χ2n) is 6.64. The topological polar surface area (TPSA) is 87.4 Å². The average molecular weight is 379 g/mol. The number of rotatable bonds is 3. The standard InChI is InChI=1S/C22H17N7/c23-22-19-13-26-20-11-16(3-1-2-8-28-9-6-24-14-28)4-5-17(20)18(19)12-21(27-22)29-10-7-25-15-29/h4-7,9-15H,2,8H2,(H2,23,27). The first-order valence-corrected chi connectivity index (χ1v) is 9.20. The van der Waals surface area contributed by atoms with Crippen molar-refractivity contribution in [3.05, 3.63) is 73.5 Å². The molecule has 7 heteroatoms. The number of anilines is 1. The molecule has 7 nitrogen and oxygen atoms in total. The number of aryl methyl sites for hydroxylation is 1. The summed E-state index contributed by atoms with van der Waals surface area (Å²) in [6, 6.07) is 8.07. The molecule has 0 saturated carbocycles. The molecule has 0 unspecified atom stereocenters. The number of hydrogen-bond donors (Lipinski definition) is 1. The van der Waals surface area contributed by atoms with E-state index in [9.17, 15) is 0 Å². The Morgan fingerprint density at radius 1 is 0.966 bits per heavy atom. The minimum atomic E-state index is 0.448. The van der Waals surface area contributed by atoms with E-state index in [0.29, 0.717) is 5.82 Å². The van der Waals surface area contributed by atoms with Crippen molar-refractivity contribution >= 4 is 27.5 Å². The molecule has 29 heavy (non-hydrogen) atoms. The Bertz CT molecular complexity index is 1360. The number of imidazole rings is 2. The van der Waals surface area contributed by atoms with Crippen LogP contribution < -0.4 is 5.73 Å². The summed E-state index contributed by atoms with van der Waals surface area (Å²) in [7, 11) is 0. The molecule has 5 rings (SSSR count). The van der Waals surface area contributed by atoms with Crippen LogP contribution >= 0.6 is 0 Å². The lowest BCUT2D eigenvalue weighted by molar-refractivity contribution is 0.718. The number of pyridine rings is 2. The fraction of sp³-hybridized carbons (Fsp3) is 0.0909. The molecule has 2 N–H and O–H groups in total. The van der Waals surface area contributed by atoms with Crippen LogP contribution in [0.4, 0.5) is 5.82 Å². The van der Waals surface area contributed by atoms with Gasteiger partial charge in [-0.15, -0.1) is 0 Å². The first kappa shape index (κ1) is 17.0. The monoisotopic (exact) mass is 379 g/mol. The number of nitrogens with zero attached hydrogens (tertiary/aromatic N) is 6. The summed E-state index contributed by atoms with van der Waals surface area (Å²) in [5.74, 6) is 7.60. The zero-order chi connectivity index (χ0) is 19.6. The first-order chi connectivity index (χ1) is 14.3. The Morgan fingerprint density at radius 3 is 2.69 bits per heavy atom. The maximum atomic E-state index is 6.19. The van der Waals surface area contributed by atoms with E-state index in [4.69, 9.17) is 5.73 Å². The SMILES string of the molecule is Nc1nc(-n2ccnc2)cc2c1cnc1cc(C#CCCn3ccnc3)ccc12. The van der Waals surface area contributed by atoms with Crippen molar-refractivity contribution in [2.24, 2.45) is 0 Å². The lowest BCUT2D eigenvalue weighted by Crippen LogP contribution is -2.00. The van der Waals surface area contributed by atoms with Crippen molar-refractivity contribution < 1.29 is 0 Å². The van der Waals surface area contributed by atoms with E-state index in [1.165, 1.54) is 0 Å². The number of benzene rings is 1. The molecule has 0 bridgehead atoms. The summed E-state index contributed by atoms with van der Waals surface area (Å²) in [5, 5.41) is 2.85. The van der Waals surface area contributed by atoms with Crippen LogP contribution in [0.3, 0.4) is 0 Å².